The summed E-state index contributed by atoms with van der Waals surface area (Å²) < 4.78 is 23.8. The molecule has 0 unspecified atom stereocenters. The first-order chi connectivity index (χ1) is 7.24. The highest BCUT2D eigenvalue weighted by molar-refractivity contribution is 7.92. The maximum Gasteiger partial charge on any atom is 0.153 e. The van der Waals surface area contributed by atoms with Gasteiger partial charge in [-0.25, -0.2) is 8.42 Å². The van der Waals surface area contributed by atoms with E-state index in [-0.39, 0.29) is 0 Å². The molecule has 0 saturated carbocycles. The van der Waals surface area contributed by atoms with E-state index in [1.807, 2.05) is 0 Å². The van der Waals surface area contributed by atoms with Gasteiger partial charge in [-0.3, -0.25) is 4.68 Å². The van der Waals surface area contributed by atoms with E-state index in [1.54, 1.807) is 31.8 Å². The van der Waals surface area contributed by atoms with Gasteiger partial charge in [-0.2, -0.15) is 0 Å². The normalized spacial score (nSPS) is 13.0. The van der Waals surface area contributed by atoms with E-state index >= 15 is 0 Å². The number of rotatable bonds is 5. The highest BCUT2D eigenvalue weighted by Crippen LogP contribution is 2.13. The molecule has 1 N–H and O–H groups in total. The number of nitrogens with one attached hydrogen (secondary N) is 1. The predicted octanol–water partition coefficient (Wildman–Crippen LogP) is -0.272. The van der Waals surface area contributed by atoms with Gasteiger partial charge in [-0.05, 0) is 13.8 Å². The molecule has 0 bridgehead atoms. The van der Waals surface area contributed by atoms with Crippen LogP contribution in [0.5, 0.6) is 0 Å². The lowest BCUT2D eigenvalue weighted by molar-refractivity contribution is 0.514. The van der Waals surface area contributed by atoms with Crippen LogP contribution < -0.4 is 5.32 Å². The molecule has 0 aliphatic carbocycles. The van der Waals surface area contributed by atoms with Crippen molar-refractivity contribution in [3.05, 3.63) is 11.9 Å². The van der Waals surface area contributed by atoms with E-state index in [0.717, 1.165) is 5.69 Å². The van der Waals surface area contributed by atoms with Crippen LogP contribution in [0, 0.1) is 0 Å². The smallest absolute Gasteiger partial charge is 0.153 e. The van der Waals surface area contributed by atoms with Crippen molar-refractivity contribution in [3.63, 3.8) is 0 Å². The average Bonchev–Trinajstić information content (AvgIpc) is 2.49. The third-order valence-electron chi connectivity index (χ3n) is 2.67. The molecule has 0 aliphatic rings. The topological polar surface area (TPSA) is 76.9 Å². The molecule has 92 valence electrons. The summed E-state index contributed by atoms with van der Waals surface area (Å²) in [5, 5.41) is 10.6. The van der Waals surface area contributed by atoms with Gasteiger partial charge in [-0.1, -0.05) is 5.21 Å². The predicted molar refractivity (Wildman–Crippen MR) is 61.6 cm³/mol. The Morgan fingerprint density at radius 1 is 1.50 bits per heavy atom. The molecule has 1 aromatic rings. The molecule has 6 nitrogen and oxygen atoms in total. The molecule has 0 saturated heterocycles. The molecular formula is C9H18N4O2S. The van der Waals surface area contributed by atoms with Crippen LogP contribution in [0.4, 0.5) is 0 Å². The molecule has 0 spiro atoms. The van der Waals surface area contributed by atoms with Crippen molar-refractivity contribution in [2.45, 2.75) is 25.1 Å². The van der Waals surface area contributed by atoms with E-state index in [1.165, 1.54) is 6.26 Å². The Morgan fingerprint density at radius 3 is 2.56 bits per heavy atom. The summed E-state index contributed by atoms with van der Waals surface area (Å²) in [6.45, 7) is 4.37. The molecule has 7 heteroatoms. The minimum absolute atomic E-state index is 0.400. The summed E-state index contributed by atoms with van der Waals surface area (Å²) in [6.07, 6.45) is 2.90. The Morgan fingerprint density at radius 2 is 2.12 bits per heavy atom. The second kappa shape index (κ2) is 4.50. The standard InChI is InChI=1S/C9H18N4O2S/c1-9(2,16(4,14)15)7-10-5-8-6-11-12-13(8)3/h6,10H,5,7H2,1-4H3. The van der Waals surface area contributed by atoms with Crippen LogP contribution in [0.2, 0.25) is 0 Å². The molecular weight excluding hydrogens is 228 g/mol. The van der Waals surface area contributed by atoms with Gasteiger partial charge in [-0.15, -0.1) is 5.10 Å². The van der Waals surface area contributed by atoms with Crippen molar-refractivity contribution in [3.8, 4) is 0 Å². The molecule has 0 radical (unpaired) electrons. The lowest BCUT2D eigenvalue weighted by atomic mass is 10.2. The van der Waals surface area contributed by atoms with E-state index in [2.05, 4.69) is 15.6 Å². The molecule has 1 rings (SSSR count). The van der Waals surface area contributed by atoms with Crippen molar-refractivity contribution in [1.29, 1.82) is 0 Å². The van der Waals surface area contributed by atoms with Crippen LogP contribution in [-0.2, 0) is 23.4 Å². The molecule has 16 heavy (non-hydrogen) atoms. The Labute approximate surface area is 96.0 Å². The molecule has 0 aromatic carbocycles. The van der Waals surface area contributed by atoms with E-state index in [9.17, 15) is 8.42 Å². The summed E-state index contributed by atoms with van der Waals surface area (Å²) in [7, 11) is -1.26. The number of nitrogens with zero attached hydrogens (tertiary/aromatic N) is 3. The maximum atomic E-state index is 11.4. The van der Waals surface area contributed by atoms with Crippen LogP contribution in [0.15, 0.2) is 6.20 Å². The Hall–Kier alpha value is -0.950. The largest absolute Gasteiger partial charge is 0.310 e. The molecule has 0 atom stereocenters. The Balaban J connectivity index is 2.51. The lowest BCUT2D eigenvalue weighted by Gasteiger charge is -2.22. The summed E-state index contributed by atoms with van der Waals surface area (Å²) in [6, 6.07) is 0. The molecule has 0 amide bonds. The number of aromatic nitrogens is 3. The van der Waals surface area contributed by atoms with Gasteiger partial charge in [0.2, 0.25) is 0 Å². The molecule has 0 fully saturated rings. The van der Waals surface area contributed by atoms with Crippen LogP contribution >= 0.6 is 0 Å². The van der Waals surface area contributed by atoms with Gasteiger partial charge < -0.3 is 5.32 Å². The van der Waals surface area contributed by atoms with Gasteiger partial charge in [0.05, 0.1) is 16.6 Å². The summed E-state index contributed by atoms with van der Waals surface area (Å²) in [5.74, 6) is 0. The van der Waals surface area contributed by atoms with E-state index in [4.69, 9.17) is 0 Å². The fourth-order valence-electron chi connectivity index (χ4n) is 1.09. The molecule has 1 aromatic heterocycles. The first-order valence-electron chi connectivity index (χ1n) is 4.98. The minimum atomic E-state index is -3.05. The fraction of sp³-hybridized carbons (Fsp3) is 0.778. The Bertz CT molecular complexity index is 450. The monoisotopic (exact) mass is 246 g/mol. The SMILES string of the molecule is Cn1nncc1CNCC(C)(C)S(C)(=O)=O. The first kappa shape index (κ1) is 13.1. The van der Waals surface area contributed by atoms with Gasteiger partial charge >= 0.3 is 0 Å². The van der Waals surface area contributed by atoms with Crippen molar-refractivity contribution >= 4 is 9.84 Å². The number of sulfone groups is 1. The second-order valence-corrected chi connectivity index (χ2v) is 7.13. The second-order valence-electron chi connectivity index (χ2n) is 4.48. The zero-order chi connectivity index (χ0) is 12.4. The summed E-state index contributed by atoms with van der Waals surface area (Å²) >= 11 is 0. The minimum Gasteiger partial charge on any atom is -0.310 e. The third kappa shape index (κ3) is 3.02. The number of aryl methyl sites for hydroxylation is 1. The highest BCUT2D eigenvalue weighted by atomic mass is 32.2. The van der Waals surface area contributed by atoms with E-state index < -0.39 is 14.6 Å². The van der Waals surface area contributed by atoms with Gasteiger partial charge in [0, 0.05) is 26.4 Å². The van der Waals surface area contributed by atoms with Gasteiger partial charge in [0.1, 0.15) is 0 Å². The van der Waals surface area contributed by atoms with Crippen molar-refractivity contribution < 1.29 is 8.42 Å². The van der Waals surface area contributed by atoms with Gasteiger partial charge in [0.25, 0.3) is 0 Å². The quantitative estimate of drug-likeness (QED) is 0.773. The van der Waals surface area contributed by atoms with Crippen molar-refractivity contribution in [2.24, 2.45) is 7.05 Å². The summed E-state index contributed by atoms with van der Waals surface area (Å²) in [4.78, 5) is 0. The van der Waals surface area contributed by atoms with E-state index in [0.29, 0.717) is 13.1 Å². The number of hydrogen-bond donors (Lipinski definition) is 1. The zero-order valence-corrected chi connectivity index (χ0v) is 10.9. The van der Waals surface area contributed by atoms with Crippen molar-refractivity contribution in [1.82, 2.24) is 20.3 Å². The van der Waals surface area contributed by atoms with Crippen molar-refractivity contribution in [2.75, 3.05) is 12.8 Å². The lowest BCUT2D eigenvalue weighted by Crippen LogP contribution is -2.41. The van der Waals surface area contributed by atoms with Crippen LogP contribution in [0.3, 0.4) is 0 Å². The average molecular weight is 246 g/mol. The van der Waals surface area contributed by atoms with Crippen LogP contribution in [-0.4, -0.2) is 41.0 Å². The molecule has 0 aliphatic heterocycles. The zero-order valence-electron chi connectivity index (χ0n) is 10.1. The highest BCUT2D eigenvalue weighted by Gasteiger charge is 2.29. The van der Waals surface area contributed by atoms with Crippen LogP contribution in [0.1, 0.15) is 19.5 Å². The summed E-state index contributed by atoms with van der Waals surface area (Å²) in [5.41, 5.74) is 0.921. The van der Waals surface area contributed by atoms with Gasteiger partial charge in [0.15, 0.2) is 9.84 Å². The third-order valence-corrected chi connectivity index (χ3v) is 4.82. The maximum absolute atomic E-state index is 11.4. The fourth-order valence-corrected chi connectivity index (χ4v) is 1.46. The Kier molecular flexibility index (Phi) is 3.69. The van der Waals surface area contributed by atoms with Crippen LogP contribution in [0.25, 0.3) is 0 Å². The first-order valence-corrected chi connectivity index (χ1v) is 6.87. The molecule has 1 heterocycles. The number of hydrogen-bond acceptors (Lipinski definition) is 5.